The lowest BCUT2D eigenvalue weighted by atomic mass is 9.83. The summed E-state index contributed by atoms with van der Waals surface area (Å²) in [4.78, 5) is 46.0. The molecule has 4 rings (SSSR count). The zero-order valence-corrected chi connectivity index (χ0v) is 21.0. The molecule has 0 spiro atoms. The van der Waals surface area contributed by atoms with Crippen molar-refractivity contribution in [1.29, 1.82) is 0 Å². The van der Waals surface area contributed by atoms with Crippen molar-refractivity contribution in [3.05, 3.63) is 52.0 Å². The molecule has 2 amide bonds. The summed E-state index contributed by atoms with van der Waals surface area (Å²) in [5.41, 5.74) is 1.04. The van der Waals surface area contributed by atoms with Crippen LogP contribution in [-0.4, -0.2) is 40.1 Å². The lowest BCUT2D eigenvalue weighted by Crippen LogP contribution is -2.53. The van der Waals surface area contributed by atoms with E-state index >= 15 is 0 Å². The number of nitrogens with zero attached hydrogens (tertiary/aromatic N) is 2. The number of nitrogens with one attached hydrogen (secondary N) is 1. The SMILES string of the molecule is CC[C@H](C)C(=O)NC(C(=O)N1CCC[C@@H]1c1nc(C(=O)c2ccccc2)cs1)C1CCCCC1. The van der Waals surface area contributed by atoms with E-state index < -0.39 is 6.04 Å². The predicted octanol–water partition coefficient (Wildman–Crippen LogP) is 5.15. The minimum Gasteiger partial charge on any atom is -0.344 e. The molecule has 6 nitrogen and oxygen atoms in total. The molecule has 2 aromatic rings. The molecule has 2 heterocycles. The van der Waals surface area contributed by atoms with E-state index in [1.807, 2.05) is 36.9 Å². The van der Waals surface area contributed by atoms with Crippen LogP contribution in [0.3, 0.4) is 0 Å². The molecule has 1 aromatic heterocycles. The van der Waals surface area contributed by atoms with Gasteiger partial charge < -0.3 is 10.2 Å². The highest BCUT2D eigenvalue weighted by atomic mass is 32.1. The summed E-state index contributed by atoms with van der Waals surface area (Å²) in [7, 11) is 0. The number of likely N-dealkylation sites (tertiary alicyclic amines) is 1. The number of hydrogen-bond donors (Lipinski definition) is 1. The lowest BCUT2D eigenvalue weighted by Gasteiger charge is -2.35. The van der Waals surface area contributed by atoms with Crippen LogP contribution in [0.15, 0.2) is 35.7 Å². The Hall–Kier alpha value is -2.54. The summed E-state index contributed by atoms with van der Waals surface area (Å²) in [6.07, 6.45) is 7.83. The van der Waals surface area contributed by atoms with Crippen molar-refractivity contribution in [3.63, 3.8) is 0 Å². The first-order chi connectivity index (χ1) is 16.5. The van der Waals surface area contributed by atoms with Crippen molar-refractivity contribution in [2.45, 2.75) is 77.3 Å². The van der Waals surface area contributed by atoms with Gasteiger partial charge in [-0.1, -0.05) is 63.4 Å². The minimum absolute atomic E-state index is 0.0113. The van der Waals surface area contributed by atoms with Gasteiger partial charge >= 0.3 is 0 Å². The van der Waals surface area contributed by atoms with Gasteiger partial charge in [-0.2, -0.15) is 0 Å². The molecule has 182 valence electrons. The molecule has 1 N–H and O–H groups in total. The average Bonchev–Trinajstić information content (AvgIpc) is 3.57. The highest BCUT2D eigenvalue weighted by molar-refractivity contribution is 7.10. The van der Waals surface area contributed by atoms with Crippen LogP contribution in [-0.2, 0) is 9.59 Å². The Labute approximate surface area is 206 Å². The molecule has 2 aliphatic rings. The van der Waals surface area contributed by atoms with Crippen LogP contribution < -0.4 is 5.32 Å². The molecule has 2 fully saturated rings. The molecule has 7 heteroatoms. The Morgan fingerprint density at radius 2 is 1.82 bits per heavy atom. The standard InChI is InChI=1S/C27H35N3O3S/c1-3-18(2)25(32)29-23(19-11-6-4-7-12-19)27(33)30-16-10-15-22(30)26-28-21(17-34-26)24(31)20-13-8-5-9-14-20/h5,8-9,13-14,17-19,22-23H,3-4,6-7,10-12,15-16H2,1-2H3,(H,29,32)/t18-,22+,23?/m0/s1. The summed E-state index contributed by atoms with van der Waals surface area (Å²) < 4.78 is 0. The first-order valence-corrected chi connectivity index (χ1v) is 13.5. The number of hydrogen-bond acceptors (Lipinski definition) is 5. The molecule has 0 bridgehead atoms. The van der Waals surface area contributed by atoms with Gasteiger partial charge in [-0.15, -0.1) is 11.3 Å². The molecule has 1 aliphatic heterocycles. The first-order valence-electron chi connectivity index (χ1n) is 12.7. The Morgan fingerprint density at radius 1 is 1.09 bits per heavy atom. The van der Waals surface area contributed by atoms with Crippen LogP contribution in [0.4, 0.5) is 0 Å². The molecule has 1 saturated heterocycles. The number of thiazole rings is 1. The van der Waals surface area contributed by atoms with Crippen molar-refractivity contribution >= 4 is 28.9 Å². The van der Waals surface area contributed by atoms with E-state index in [2.05, 4.69) is 10.3 Å². The summed E-state index contributed by atoms with van der Waals surface area (Å²) in [5.74, 6) is -0.0509. The quantitative estimate of drug-likeness (QED) is 0.529. The van der Waals surface area contributed by atoms with Crippen molar-refractivity contribution in [3.8, 4) is 0 Å². The molecular weight excluding hydrogens is 446 g/mol. The van der Waals surface area contributed by atoms with Gasteiger partial charge in [0.25, 0.3) is 0 Å². The minimum atomic E-state index is -0.479. The van der Waals surface area contributed by atoms with Crippen LogP contribution in [0.5, 0.6) is 0 Å². The fourth-order valence-electron chi connectivity index (χ4n) is 5.08. The lowest BCUT2D eigenvalue weighted by molar-refractivity contribution is -0.140. The van der Waals surface area contributed by atoms with E-state index in [1.165, 1.54) is 17.8 Å². The van der Waals surface area contributed by atoms with Crippen molar-refractivity contribution in [2.24, 2.45) is 11.8 Å². The number of carbonyl (C=O) groups is 3. The summed E-state index contributed by atoms with van der Waals surface area (Å²) in [6, 6.07) is 8.54. The number of ketones is 1. The number of aromatic nitrogens is 1. The van der Waals surface area contributed by atoms with Gasteiger partial charge in [0.05, 0.1) is 6.04 Å². The topological polar surface area (TPSA) is 79.4 Å². The molecule has 1 aromatic carbocycles. The smallest absolute Gasteiger partial charge is 0.246 e. The van der Waals surface area contributed by atoms with Gasteiger partial charge in [0.1, 0.15) is 16.7 Å². The average molecular weight is 482 g/mol. The van der Waals surface area contributed by atoms with Crippen LogP contribution in [0.1, 0.15) is 92.3 Å². The van der Waals surface area contributed by atoms with Gasteiger partial charge in [-0.25, -0.2) is 4.98 Å². The monoisotopic (exact) mass is 481 g/mol. The maximum atomic E-state index is 13.9. The second-order valence-corrected chi connectivity index (χ2v) is 10.5. The molecule has 34 heavy (non-hydrogen) atoms. The third kappa shape index (κ3) is 5.40. The molecule has 0 radical (unpaired) electrons. The molecule has 1 saturated carbocycles. The van der Waals surface area contributed by atoms with Gasteiger partial charge in [0.2, 0.25) is 17.6 Å². The second-order valence-electron chi connectivity index (χ2n) is 9.65. The van der Waals surface area contributed by atoms with E-state index in [0.29, 0.717) is 17.8 Å². The van der Waals surface area contributed by atoms with Crippen molar-refractivity contribution < 1.29 is 14.4 Å². The Kier molecular flexibility index (Phi) is 8.14. The Bertz CT molecular complexity index is 1000. The Balaban J connectivity index is 1.53. The fraction of sp³-hybridized carbons (Fsp3) is 0.556. The van der Waals surface area contributed by atoms with Crippen molar-refractivity contribution in [1.82, 2.24) is 15.2 Å². The molecular formula is C27H35N3O3S. The molecule has 1 unspecified atom stereocenters. The zero-order chi connectivity index (χ0) is 24.1. The normalized spacial score (nSPS) is 20.6. The summed E-state index contributed by atoms with van der Waals surface area (Å²) in [5, 5.41) is 5.74. The summed E-state index contributed by atoms with van der Waals surface area (Å²) >= 11 is 1.45. The molecule has 3 atom stereocenters. The third-order valence-electron chi connectivity index (χ3n) is 7.36. The van der Waals surface area contributed by atoms with E-state index in [0.717, 1.165) is 50.0 Å². The van der Waals surface area contributed by atoms with Crippen LogP contribution in [0.25, 0.3) is 0 Å². The Morgan fingerprint density at radius 3 is 2.53 bits per heavy atom. The second kappa shape index (κ2) is 11.3. The highest BCUT2D eigenvalue weighted by Gasteiger charge is 2.40. The highest BCUT2D eigenvalue weighted by Crippen LogP contribution is 2.36. The maximum Gasteiger partial charge on any atom is 0.246 e. The van der Waals surface area contributed by atoms with E-state index in [4.69, 9.17) is 0 Å². The predicted molar refractivity (Wildman–Crippen MR) is 134 cm³/mol. The van der Waals surface area contributed by atoms with E-state index in [1.54, 1.807) is 17.5 Å². The number of amides is 2. The maximum absolute atomic E-state index is 13.9. The van der Waals surface area contributed by atoms with Crippen LogP contribution in [0, 0.1) is 11.8 Å². The van der Waals surface area contributed by atoms with Gasteiger partial charge in [-0.3, -0.25) is 14.4 Å². The van der Waals surface area contributed by atoms with Gasteiger partial charge in [-0.05, 0) is 38.0 Å². The van der Waals surface area contributed by atoms with Gasteiger partial charge in [0, 0.05) is 23.4 Å². The number of carbonyl (C=O) groups excluding carboxylic acids is 3. The number of benzene rings is 1. The van der Waals surface area contributed by atoms with Crippen molar-refractivity contribution in [2.75, 3.05) is 6.54 Å². The van der Waals surface area contributed by atoms with E-state index in [-0.39, 0.29) is 35.5 Å². The largest absolute Gasteiger partial charge is 0.344 e. The van der Waals surface area contributed by atoms with E-state index in [9.17, 15) is 14.4 Å². The third-order valence-corrected chi connectivity index (χ3v) is 8.30. The van der Waals surface area contributed by atoms with Crippen LogP contribution in [0.2, 0.25) is 0 Å². The van der Waals surface area contributed by atoms with Crippen LogP contribution >= 0.6 is 11.3 Å². The fourth-order valence-corrected chi connectivity index (χ4v) is 6.02. The zero-order valence-electron chi connectivity index (χ0n) is 20.2. The first kappa shape index (κ1) is 24.6. The summed E-state index contributed by atoms with van der Waals surface area (Å²) in [6.45, 7) is 4.57. The number of rotatable bonds is 8. The van der Waals surface area contributed by atoms with Gasteiger partial charge in [0.15, 0.2) is 0 Å². The molecule has 1 aliphatic carbocycles.